The Labute approximate surface area is 130 Å². The van der Waals surface area contributed by atoms with E-state index >= 15 is 0 Å². The van der Waals surface area contributed by atoms with Crippen molar-refractivity contribution < 1.29 is 14.0 Å². The SMILES string of the molecule is CCN(CC)C(=O)C1CC(=O)N(CCc2ccc(F)cc2)C1. The van der Waals surface area contributed by atoms with Crippen LogP contribution in [0.4, 0.5) is 4.39 Å². The van der Waals surface area contributed by atoms with Crippen LogP contribution in [0.3, 0.4) is 0 Å². The summed E-state index contributed by atoms with van der Waals surface area (Å²) in [6.45, 7) is 6.32. The number of hydrogen-bond donors (Lipinski definition) is 0. The van der Waals surface area contributed by atoms with E-state index in [2.05, 4.69) is 0 Å². The highest BCUT2D eigenvalue weighted by atomic mass is 19.1. The maximum Gasteiger partial charge on any atom is 0.227 e. The standard InChI is InChI=1S/C17H23FN2O2/c1-3-19(4-2)17(22)14-11-16(21)20(12-14)10-9-13-5-7-15(18)8-6-13/h5-8,14H,3-4,9-12H2,1-2H3. The van der Waals surface area contributed by atoms with E-state index in [1.54, 1.807) is 21.9 Å². The molecule has 0 spiro atoms. The average molecular weight is 306 g/mol. The minimum absolute atomic E-state index is 0.0348. The zero-order valence-electron chi connectivity index (χ0n) is 13.2. The number of hydrogen-bond acceptors (Lipinski definition) is 2. The summed E-state index contributed by atoms with van der Waals surface area (Å²) in [5, 5.41) is 0. The van der Waals surface area contributed by atoms with Gasteiger partial charge >= 0.3 is 0 Å². The summed E-state index contributed by atoms with van der Waals surface area (Å²) < 4.78 is 12.9. The van der Waals surface area contributed by atoms with Crippen molar-refractivity contribution in [2.45, 2.75) is 26.7 Å². The summed E-state index contributed by atoms with van der Waals surface area (Å²) in [5.74, 6) is -0.373. The first-order chi connectivity index (χ1) is 10.5. The molecule has 1 aromatic rings. The summed E-state index contributed by atoms with van der Waals surface area (Å²) >= 11 is 0. The Bertz CT molecular complexity index is 526. The summed E-state index contributed by atoms with van der Waals surface area (Å²) in [4.78, 5) is 27.9. The van der Waals surface area contributed by atoms with E-state index in [4.69, 9.17) is 0 Å². The molecule has 120 valence electrons. The molecule has 0 radical (unpaired) electrons. The molecule has 0 N–H and O–H groups in total. The van der Waals surface area contributed by atoms with E-state index in [9.17, 15) is 14.0 Å². The van der Waals surface area contributed by atoms with E-state index in [-0.39, 0.29) is 23.5 Å². The molecule has 0 aromatic heterocycles. The predicted molar refractivity (Wildman–Crippen MR) is 82.7 cm³/mol. The molecule has 1 aromatic carbocycles. The number of benzene rings is 1. The van der Waals surface area contributed by atoms with Gasteiger partial charge in [-0.15, -0.1) is 0 Å². The molecule has 1 unspecified atom stereocenters. The normalized spacial score (nSPS) is 17.9. The zero-order valence-corrected chi connectivity index (χ0v) is 13.2. The Morgan fingerprint density at radius 1 is 1.27 bits per heavy atom. The lowest BCUT2D eigenvalue weighted by molar-refractivity contribution is -0.135. The van der Waals surface area contributed by atoms with Gasteiger partial charge in [-0.3, -0.25) is 9.59 Å². The first-order valence-corrected chi connectivity index (χ1v) is 7.86. The van der Waals surface area contributed by atoms with Gasteiger partial charge in [-0.25, -0.2) is 4.39 Å². The van der Waals surface area contributed by atoms with E-state index in [1.807, 2.05) is 13.8 Å². The predicted octanol–water partition coefficient (Wildman–Crippen LogP) is 2.09. The number of amides is 2. The van der Waals surface area contributed by atoms with Gasteiger partial charge in [0.15, 0.2) is 0 Å². The largest absolute Gasteiger partial charge is 0.343 e. The number of halogens is 1. The van der Waals surface area contributed by atoms with Crippen molar-refractivity contribution >= 4 is 11.8 Å². The number of carbonyl (C=O) groups is 2. The van der Waals surface area contributed by atoms with Crippen molar-refractivity contribution in [2.24, 2.45) is 5.92 Å². The lowest BCUT2D eigenvalue weighted by Gasteiger charge is -2.22. The summed E-state index contributed by atoms with van der Waals surface area (Å²) in [7, 11) is 0. The molecule has 1 fully saturated rings. The van der Waals surface area contributed by atoms with Crippen LogP contribution in [-0.2, 0) is 16.0 Å². The van der Waals surface area contributed by atoms with E-state index in [1.165, 1.54) is 12.1 Å². The van der Waals surface area contributed by atoms with Gasteiger partial charge in [-0.1, -0.05) is 12.1 Å². The zero-order chi connectivity index (χ0) is 16.1. The Kier molecular flexibility index (Phi) is 5.52. The highest BCUT2D eigenvalue weighted by Crippen LogP contribution is 2.20. The van der Waals surface area contributed by atoms with Crippen molar-refractivity contribution in [2.75, 3.05) is 26.2 Å². The molecular formula is C17H23FN2O2. The second kappa shape index (κ2) is 7.38. The Morgan fingerprint density at radius 3 is 2.50 bits per heavy atom. The topological polar surface area (TPSA) is 40.6 Å². The molecule has 2 rings (SSSR count). The molecule has 1 saturated heterocycles. The molecular weight excluding hydrogens is 283 g/mol. The second-order valence-corrected chi connectivity index (χ2v) is 5.63. The molecule has 2 amide bonds. The van der Waals surface area contributed by atoms with Crippen LogP contribution in [0.5, 0.6) is 0 Å². The van der Waals surface area contributed by atoms with E-state index in [0.717, 1.165) is 5.56 Å². The summed E-state index contributed by atoms with van der Waals surface area (Å²) in [5.41, 5.74) is 0.993. The van der Waals surface area contributed by atoms with Crippen LogP contribution in [0.2, 0.25) is 0 Å². The fraction of sp³-hybridized carbons (Fsp3) is 0.529. The highest BCUT2D eigenvalue weighted by Gasteiger charge is 2.35. The fourth-order valence-corrected chi connectivity index (χ4v) is 2.86. The number of likely N-dealkylation sites (tertiary alicyclic amines) is 1. The number of carbonyl (C=O) groups excluding carboxylic acids is 2. The van der Waals surface area contributed by atoms with Gasteiger partial charge in [0.2, 0.25) is 11.8 Å². The van der Waals surface area contributed by atoms with Crippen molar-refractivity contribution in [3.05, 3.63) is 35.6 Å². The third-order valence-electron chi connectivity index (χ3n) is 4.22. The van der Waals surface area contributed by atoms with Crippen molar-refractivity contribution in [3.8, 4) is 0 Å². The van der Waals surface area contributed by atoms with Crippen LogP contribution in [0.15, 0.2) is 24.3 Å². The highest BCUT2D eigenvalue weighted by molar-refractivity contribution is 5.89. The Morgan fingerprint density at radius 2 is 1.91 bits per heavy atom. The van der Waals surface area contributed by atoms with Gasteiger partial charge in [0, 0.05) is 32.6 Å². The lowest BCUT2D eigenvalue weighted by Crippen LogP contribution is -2.37. The monoisotopic (exact) mass is 306 g/mol. The van der Waals surface area contributed by atoms with Crippen LogP contribution < -0.4 is 0 Å². The molecule has 4 nitrogen and oxygen atoms in total. The van der Waals surface area contributed by atoms with Crippen LogP contribution in [0.25, 0.3) is 0 Å². The second-order valence-electron chi connectivity index (χ2n) is 5.63. The van der Waals surface area contributed by atoms with Crippen LogP contribution >= 0.6 is 0 Å². The summed E-state index contributed by atoms with van der Waals surface area (Å²) in [6, 6.07) is 6.31. The molecule has 5 heteroatoms. The smallest absolute Gasteiger partial charge is 0.227 e. The van der Waals surface area contributed by atoms with Crippen LogP contribution in [0, 0.1) is 11.7 Å². The van der Waals surface area contributed by atoms with Gasteiger partial charge in [-0.05, 0) is 38.0 Å². The lowest BCUT2D eigenvalue weighted by atomic mass is 10.1. The molecule has 1 atom stereocenters. The Hall–Kier alpha value is -1.91. The first-order valence-electron chi connectivity index (χ1n) is 7.86. The van der Waals surface area contributed by atoms with Gasteiger partial charge in [-0.2, -0.15) is 0 Å². The minimum atomic E-state index is -0.258. The summed E-state index contributed by atoms with van der Waals surface area (Å²) in [6.07, 6.45) is 0.983. The van der Waals surface area contributed by atoms with E-state index in [0.29, 0.717) is 39.0 Å². The first kappa shape index (κ1) is 16.5. The third kappa shape index (κ3) is 3.84. The van der Waals surface area contributed by atoms with Crippen molar-refractivity contribution in [1.29, 1.82) is 0 Å². The van der Waals surface area contributed by atoms with Gasteiger partial charge in [0.1, 0.15) is 5.82 Å². The van der Waals surface area contributed by atoms with Crippen molar-refractivity contribution in [3.63, 3.8) is 0 Å². The van der Waals surface area contributed by atoms with Crippen LogP contribution in [0.1, 0.15) is 25.8 Å². The molecule has 0 bridgehead atoms. The molecule has 1 aliphatic rings. The molecule has 0 aliphatic carbocycles. The third-order valence-corrected chi connectivity index (χ3v) is 4.22. The van der Waals surface area contributed by atoms with Crippen LogP contribution in [-0.4, -0.2) is 47.8 Å². The van der Waals surface area contributed by atoms with Gasteiger partial charge < -0.3 is 9.80 Å². The minimum Gasteiger partial charge on any atom is -0.343 e. The Balaban J connectivity index is 1.89. The van der Waals surface area contributed by atoms with Gasteiger partial charge in [0.05, 0.1) is 5.92 Å². The molecule has 1 heterocycles. The van der Waals surface area contributed by atoms with E-state index < -0.39 is 0 Å². The molecule has 0 saturated carbocycles. The number of nitrogens with zero attached hydrogens (tertiary/aromatic N) is 2. The fourth-order valence-electron chi connectivity index (χ4n) is 2.86. The number of rotatable bonds is 6. The van der Waals surface area contributed by atoms with Crippen molar-refractivity contribution in [1.82, 2.24) is 9.80 Å². The maximum atomic E-state index is 12.9. The molecule has 22 heavy (non-hydrogen) atoms. The average Bonchev–Trinajstić information content (AvgIpc) is 2.89. The maximum absolute atomic E-state index is 12.9. The molecule has 1 aliphatic heterocycles. The van der Waals surface area contributed by atoms with Gasteiger partial charge in [0.25, 0.3) is 0 Å². The quantitative estimate of drug-likeness (QED) is 0.807.